The first-order valence-electron chi connectivity index (χ1n) is 7.99. The van der Waals surface area contributed by atoms with E-state index in [4.69, 9.17) is 14.0 Å². The van der Waals surface area contributed by atoms with E-state index < -0.39 is 0 Å². The molecule has 1 aliphatic rings. The number of hydrogen-bond donors (Lipinski definition) is 2. The van der Waals surface area contributed by atoms with Crippen LogP contribution in [0.15, 0.2) is 28.1 Å². The van der Waals surface area contributed by atoms with Crippen molar-refractivity contribution in [2.75, 3.05) is 24.9 Å². The van der Waals surface area contributed by atoms with Crippen molar-refractivity contribution in [2.24, 2.45) is 0 Å². The molecule has 3 heterocycles. The number of thioether (sulfide) groups is 1. The summed E-state index contributed by atoms with van der Waals surface area (Å²) in [6, 6.07) is 5.41. The fourth-order valence-corrected chi connectivity index (χ4v) is 4.30. The standard InChI is InChI=1S/C17H16N4O4S2/c1-23-9-3-4-11(14(5-9)24-2)18-17-19-13(8-27-17)15(22)20-16-10-6-26-7-12(10)21-25-16/h3-5,8H,6-7H2,1-2H3,(H,18,19)(H,20,22). The quantitative estimate of drug-likeness (QED) is 0.638. The highest BCUT2D eigenvalue weighted by atomic mass is 32.2. The number of amides is 1. The number of aromatic nitrogens is 2. The van der Waals surface area contributed by atoms with Crippen LogP contribution in [-0.4, -0.2) is 30.3 Å². The number of methoxy groups -OCH3 is 2. The van der Waals surface area contributed by atoms with Crippen LogP contribution in [0.1, 0.15) is 21.7 Å². The third-order valence-corrected chi connectivity index (χ3v) is 5.70. The van der Waals surface area contributed by atoms with Gasteiger partial charge in [-0.2, -0.15) is 11.8 Å². The minimum absolute atomic E-state index is 0.297. The number of carbonyl (C=O) groups excluding carboxylic acids is 1. The Balaban J connectivity index is 1.47. The lowest BCUT2D eigenvalue weighted by molar-refractivity contribution is 0.101. The van der Waals surface area contributed by atoms with E-state index in [0.29, 0.717) is 28.2 Å². The highest BCUT2D eigenvalue weighted by molar-refractivity contribution is 7.98. The summed E-state index contributed by atoms with van der Waals surface area (Å²) < 4.78 is 15.8. The van der Waals surface area contributed by atoms with Gasteiger partial charge in [0.1, 0.15) is 17.2 Å². The number of nitrogens with zero attached hydrogens (tertiary/aromatic N) is 2. The molecule has 1 aliphatic heterocycles. The molecule has 0 unspecified atom stereocenters. The van der Waals surface area contributed by atoms with Gasteiger partial charge in [-0.1, -0.05) is 5.16 Å². The van der Waals surface area contributed by atoms with Gasteiger partial charge in [-0.05, 0) is 12.1 Å². The number of hydrogen-bond acceptors (Lipinski definition) is 9. The fourth-order valence-electron chi connectivity index (χ4n) is 2.57. The predicted molar refractivity (Wildman–Crippen MR) is 104 cm³/mol. The summed E-state index contributed by atoms with van der Waals surface area (Å²) in [4.78, 5) is 16.8. The zero-order chi connectivity index (χ0) is 18.8. The maximum absolute atomic E-state index is 12.5. The van der Waals surface area contributed by atoms with Gasteiger partial charge in [0.05, 0.1) is 31.2 Å². The van der Waals surface area contributed by atoms with Crippen molar-refractivity contribution in [3.63, 3.8) is 0 Å². The normalized spacial score (nSPS) is 12.5. The van der Waals surface area contributed by atoms with E-state index in [1.165, 1.54) is 11.3 Å². The van der Waals surface area contributed by atoms with Gasteiger partial charge in [0.2, 0.25) is 5.88 Å². The van der Waals surface area contributed by atoms with Crippen molar-refractivity contribution in [1.82, 2.24) is 10.1 Å². The molecule has 0 spiro atoms. The SMILES string of the molecule is COc1ccc(Nc2nc(C(=O)Nc3onc4c3CSC4)cs2)c(OC)c1. The van der Waals surface area contributed by atoms with Gasteiger partial charge < -0.3 is 19.3 Å². The van der Waals surface area contributed by atoms with E-state index in [1.807, 2.05) is 12.1 Å². The summed E-state index contributed by atoms with van der Waals surface area (Å²) >= 11 is 3.06. The zero-order valence-corrected chi connectivity index (χ0v) is 16.2. The van der Waals surface area contributed by atoms with Crippen molar-refractivity contribution >= 4 is 45.7 Å². The van der Waals surface area contributed by atoms with Crippen LogP contribution in [0.3, 0.4) is 0 Å². The zero-order valence-electron chi connectivity index (χ0n) is 14.6. The van der Waals surface area contributed by atoms with Gasteiger partial charge in [-0.25, -0.2) is 4.98 Å². The minimum atomic E-state index is -0.336. The molecule has 0 aliphatic carbocycles. The molecule has 4 rings (SSSR count). The average Bonchev–Trinajstić information content (AvgIpc) is 3.40. The molecule has 3 aromatic rings. The topological polar surface area (TPSA) is 98.5 Å². The number of ether oxygens (including phenoxy) is 2. The van der Waals surface area contributed by atoms with Crippen molar-refractivity contribution < 1.29 is 18.8 Å². The van der Waals surface area contributed by atoms with E-state index in [9.17, 15) is 4.79 Å². The smallest absolute Gasteiger partial charge is 0.277 e. The maximum atomic E-state index is 12.5. The third-order valence-electron chi connectivity index (χ3n) is 3.97. The Morgan fingerprint density at radius 1 is 1.26 bits per heavy atom. The number of carbonyl (C=O) groups is 1. The second-order valence-electron chi connectivity index (χ2n) is 5.61. The van der Waals surface area contributed by atoms with Crippen molar-refractivity contribution in [1.29, 1.82) is 0 Å². The first-order valence-corrected chi connectivity index (χ1v) is 10.0. The molecule has 0 fully saturated rings. The van der Waals surface area contributed by atoms with Gasteiger partial charge in [-0.15, -0.1) is 11.3 Å². The molecule has 0 radical (unpaired) electrons. The number of anilines is 3. The van der Waals surface area contributed by atoms with E-state index in [0.717, 1.165) is 28.5 Å². The molecule has 10 heteroatoms. The molecule has 0 saturated heterocycles. The fraction of sp³-hybridized carbons (Fsp3) is 0.235. The predicted octanol–water partition coefficient (Wildman–Crippen LogP) is 3.89. The average molecular weight is 404 g/mol. The molecule has 0 atom stereocenters. The molecular formula is C17H16N4O4S2. The Labute approximate surface area is 163 Å². The summed E-state index contributed by atoms with van der Waals surface area (Å²) in [5.41, 5.74) is 2.86. The van der Waals surface area contributed by atoms with Crippen LogP contribution >= 0.6 is 23.1 Å². The van der Waals surface area contributed by atoms with Crippen molar-refractivity contribution in [2.45, 2.75) is 11.5 Å². The number of nitrogens with one attached hydrogen (secondary N) is 2. The van der Waals surface area contributed by atoms with Gasteiger partial charge in [0.25, 0.3) is 5.91 Å². The molecule has 0 bridgehead atoms. The second kappa shape index (κ2) is 7.49. The van der Waals surface area contributed by atoms with Crippen molar-refractivity contribution in [3.8, 4) is 11.5 Å². The molecule has 0 saturated carbocycles. The number of thiazole rings is 1. The van der Waals surface area contributed by atoms with E-state index in [1.54, 1.807) is 37.4 Å². The van der Waals surface area contributed by atoms with Gasteiger partial charge in [-0.3, -0.25) is 10.1 Å². The highest BCUT2D eigenvalue weighted by Crippen LogP contribution is 2.35. The molecule has 27 heavy (non-hydrogen) atoms. The van der Waals surface area contributed by atoms with Crippen LogP contribution in [0.2, 0.25) is 0 Å². The maximum Gasteiger partial charge on any atom is 0.277 e. The molecule has 1 amide bonds. The monoisotopic (exact) mass is 404 g/mol. The first kappa shape index (κ1) is 17.7. The van der Waals surface area contributed by atoms with E-state index in [2.05, 4.69) is 20.8 Å². The number of benzene rings is 1. The largest absolute Gasteiger partial charge is 0.497 e. The van der Waals surface area contributed by atoms with Crippen LogP contribution in [0.5, 0.6) is 11.5 Å². The minimum Gasteiger partial charge on any atom is -0.497 e. The Morgan fingerprint density at radius 2 is 2.15 bits per heavy atom. The Hall–Kier alpha value is -2.72. The number of fused-ring (bicyclic) bond motifs is 1. The Bertz CT molecular complexity index is 985. The summed E-state index contributed by atoms with van der Waals surface area (Å²) in [7, 11) is 3.17. The molecular weight excluding hydrogens is 388 g/mol. The van der Waals surface area contributed by atoms with Crippen LogP contribution in [0, 0.1) is 0 Å². The van der Waals surface area contributed by atoms with Crippen molar-refractivity contribution in [3.05, 3.63) is 40.5 Å². The third kappa shape index (κ3) is 3.58. The van der Waals surface area contributed by atoms with Crippen LogP contribution in [-0.2, 0) is 11.5 Å². The molecule has 2 aromatic heterocycles. The molecule has 2 N–H and O–H groups in total. The molecule has 8 nitrogen and oxygen atoms in total. The van der Waals surface area contributed by atoms with E-state index >= 15 is 0 Å². The van der Waals surface area contributed by atoms with Crippen LogP contribution < -0.4 is 20.1 Å². The lowest BCUT2D eigenvalue weighted by Crippen LogP contribution is -2.12. The highest BCUT2D eigenvalue weighted by Gasteiger charge is 2.24. The summed E-state index contributed by atoms with van der Waals surface area (Å²) in [6.07, 6.45) is 0. The van der Waals surface area contributed by atoms with E-state index in [-0.39, 0.29) is 5.91 Å². The van der Waals surface area contributed by atoms with Crippen LogP contribution in [0.25, 0.3) is 0 Å². The lowest BCUT2D eigenvalue weighted by Gasteiger charge is -2.10. The summed E-state index contributed by atoms with van der Waals surface area (Å²) in [5, 5.41) is 12.1. The van der Waals surface area contributed by atoms with Crippen LogP contribution in [0.4, 0.5) is 16.7 Å². The summed E-state index contributed by atoms with van der Waals surface area (Å²) in [6.45, 7) is 0. The number of rotatable bonds is 6. The summed E-state index contributed by atoms with van der Waals surface area (Å²) in [5.74, 6) is 2.97. The Morgan fingerprint density at radius 3 is 2.96 bits per heavy atom. The van der Waals surface area contributed by atoms with Gasteiger partial charge in [0.15, 0.2) is 5.13 Å². The van der Waals surface area contributed by atoms with Gasteiger partial charge in [0, 0.05) is 23.0 Å². The second-order valence-corrected chi connectivity index (χ2v) is 7.46. The lowest BCUT2D eigenvalue weighted by atomic mass is 10.2. The molecule has 140 valence electrons. The van der Waals surface area contributed by atoms with Gasteiger partial charge >= 0.3 is 0 Å². The Kier molecular flexibility index (Phi) is 4.90. The first-order chi connectivity index (χ1) is 13.2. The molecule has 1 aromatic carbocycles.